The predicted molar refractivity (Wildman–Crippen MR) is 188 cm³/mol. The number of ketones is 1. The zero-order chi connectivity index (χ0) is 35.1. The van der Waals surface area contributed by atoms with Crippen LogP contribution in [0, 0.1) is 29.1 Å². The van der Waals surface area contributed by atoms with Gasteiger partial charge in [0.25, 0.3) is 5.91 Å². The van der Waals surface area contributed by atoms with Crippen molar-refractivity contribution in [1.82, 2.24) is 26.2 Å². The van der Waals surface area contributed by atoms with Crippen LogP contribution in [-0.4, -0.2) is 71.2 Å². The van der Waals surface area contributed by atoms with Crippen LogP contribution in [-0.2, 0) is 19.2 Å². The second-order valence-electron chi connectivity index (χ2n) is 16.4. The van der Waals surface area contributed by atoms with Crippen molar-refractivity contribution in [3.63, 3.8) is 0 Å². The summed E-state index contributed by atoms with van der Waals surface area (Å²) in [7, 11) is 0. The van der Waals surface area contributed by atoms with E-state index in [9.17, 15) is 24.0 Å². The van der Waals surface area contributed by atoms with Crippen LogP contribution in [0.1, 0.15) is 131 Å². The summed E-state index contributed by atoms with van der Waals surface area (Å²) in [6.45, 7) is 14.5. The van der Waals surface area contributed by atoms with Gasteiger partial charge in [-0.2, -0.15) is 0 Å². The predicted octanol–water partition coefficient (Wildman–Crippen LogP) is 5.40. The van der Waals surface area contributed by atoms with Gasteiger partial charge in [0, 0.05) is 18.6 Å². The Morgan fingerprint density at radius 3 is 2.29 bits per heavy atom. The van der Waals surface area contributed by atoms with Crippen LogP contribution in [0.4, 0.5) is 4.79 Å². The molecular weight excluding hydrogens is 606 g/mol. The highest BCUT2D eigenvalue weighted by molar-refractivity contribution is 6.38. The van der Waals surface area contributed by atoms with E-state index in [0.717, 1.165) is 83.5 Å². The van der Waals surface area contributed by atoms with Crippen molar-refractivity contribution in [1.29, 1.82) is 0 Å². The standard InChI is InChI=1S/C38H63N5O5/c1-7-9-14-25(3)38(21-11-10-12-22-38)42-36(48)41-32(37(4,5)6)35(47)43-24-27-15-13-16-28(27)30(43)33(45)40-29(20-19-26-17-18-26)31(44)34(46)39-23-8-2/h8,25-30,32H,2,7,9-24H2,1,3-6H3,(H,39,46)(H,40,45)(H2,41,42,48)/t25-,27+,28+,29+,30+,32-/m1/s1. The number of urea groups is 1. The third-order valence-electron chi connectivity index (χ3n) is 11.7. The third kappa shape index (κ3) is 9.41. The summed E-state index contributed by atoms with van der Waals surface area (Å²) in [4.78, 5) is 70.1. The molecule has 4 fully saturated rings. The summed E-state index contributed by atoms with van der Waals surface area (Å²) in [6, 6.07) is -2.89. The Morgan fingerprint density at radius 2 is 1.67 bits per heavy atom. The van der Waals surface area contributed by atoms with Crippen molar-refractivity contribution in [3.05, 3.63) is 12.7 Å². The molecule has 3 saturated carbocycles. The number of Topliss-reactive ketones (excluding diaryl/α,β-unsaturated/α-hetero) is 1. The van der Waals surface area contributed by atoms with Gasteiger partial charge in [0.2, 0.25) is 17.6 Å². The fourth-order valence-corrected chi connectivity index (χ4v) is 8.53. The first-order chi connectivity index (χ1) is 22.8. The van der Waals surface area contributed by atoms with Gasteiger partial charge in [0.1, 0.15) is 12.1 Å². The first kappa shape index (κ1) is 37.9. The summed E-state index contributed by atoms with van der Waals surface area (Å²) >= 11 is 0. The molecule has 0 spiro atoms. The normalized spacial score (nSPS) is 25.3. The molecule has 10 heteroatoms. The summed E-state index contributed by atoms with van der Waals surface area (Å²) < 4.78 is 0. The Hall–Kier alpha value is -2.91. The first-order valence-corrected chi connectivity index (χ1v) is 18.9. The molecule has 0 aromatic carbocycles. The van der Waals surface area contributed by atoms with E-state index < -0.39 is 35.2 Å². The summed E-state index contributed by atoms with van der Waals surface area (Å²) in [5.74, 6) is -1.06. The number of amides is 5. The van der Waals surface area contributed by atoms with Gasteiger partial charge in [-0.05, 0) is 74.0 Å². The van der Waals surface area contributed by atoms with E-state index in [0.29, 0.717) is 24.8 Å². The van der Waals surface area contributed by atoms with Gasteiger partial charge in [-0.3, -0.25) is 19.2 Å². The van der Waals surface area contributed by atoms with Crippen molar-refractivity contribution >= 4 is 29.5 Å². The Bertz CT molecular complexity index is 1170. The monoisotopic (exact) mass is 669 g/mol. The molecule has 0 unspecified atom stereocenters. The average Bonchev–Trinajstić information content (AvgIpc) is 3.65. The number of fused-ring (bicyclic) bond motifs is 1. The van der Waals surface area contributed by atoms with Gasteiger partial charge in [-0.15, -0.1) is 6.58 Å². The number of nitrogens with zero attached hydrogens (tertiary/aromatic N) is 1. The highest BCUT2D eigenvalue weighted by Crippen LogP contribution is 2.43. The Morgan fingerprint density at radius 1 is 0.958 bits per heavy atom. The zero-order valence-electron chi connectivity index (χ0n) is 30.3. The molecule has 1 heterocycles. The van der Waals surface area contributed by atoms with Gasteiger partial charge in [0.05, 0.1) is 6.04 Å². The minimum Gasteiger partial charge on any atom is -0.346 e. The highest BCUT2D eigenvalue weighted by Gasteiger charge is 2.52. The van der Waals surface area contributed by atoms with Crippen molar-refractivity contribution in [2.45, 2.75) is 155 Å². The molecular formula is C38H63N5O5. The molecule has 1 aliphatic heterocycles. The quantitative estimate of drug-likeness (QED) is 0.129. The van der Waals surface area contributed by atoms with E-state index >= 15 is 0 Å². The minimum absolute atomic E-state index is 0.0258. The number of carbonyl (C=O) groups is 5. The Kier molecular flexibility index (Phi) is 13.2. The largest absolute Gasteiger partial charge is 0.346 e. The minimum atomic E-state index is -0.955. The number of unbranched alkanes of at least 4 members (excludes halogenated alkanes) is 1. The number of hydrogen-bond acceptors (Lipinski definition) is 5. The fourth-order valence-electron chi connectivity index (χ4n) is 8.53. The molecule has 0 bridgehead atoms. The SMILES string of the molecule is C=CCNC(=O)C(=O)[C@H](CCC1CC1)NC(=O)[C@@H]1[C@H]2CCC[C@H]2CN1C(=O)[C@@H](NC(=O)NC1([C@H](C)CCCC)CCCCC1)C(C)(C)C. The molecule has 1 saturated heterocycles. The molecule has 48 heavy (non-hydrogen) atoms. The van der Waals surface area contributed by atoms with E-state index in [-0.39, 0.29) is 41.8 Å². The highest BCUT2D eigenvalue weighted by atomic mass is 16.2. The van der Waals surface area contributed by atoms with Crippen LogP contribution in [0.25, 0.3) is 0 Å². The number of rotatable bonds is 16. The fraction of sp³-hybridized carbons (Fsp3) is 0.816. The van der Waals surface area contributed by atoms with Gasteiger partial charge >= 0.3 is 6.03 Å². The van der Waals surface area contributed by atoms with E-state index in [1.807, 2.05) is 20.8 Å². The molecule has 0 aromatic rings. The lowest BCUT2D eigenvalue weighted by atomic mass is 9.71. The van der Waals surface area contributed by atoms with E-state index in [2.05, 4.69) is 41.7 Å². The summed E-state index contributed by atoms with van der Waals surface area (Å²) in [5, 5.41) is 11.9. The number of hydrogen-bond donors (Lipinski definition) is 4. The van der Waals surface area contributed by atoms with E-state index in [1.165, 1.54) is 12.5 Å². The Labute approximate surface area is 288 Å². The molecule has 4 rings (SSSR count). The maximum atomic E-state index is 14.6. The van der Waals surface area contributed by atoms with Crippen LogP contribution in [0.2, 0.25) is 0 Å². The molecule has 4 N–H and O–H groups in total. The lowest BCUT2D eigenvalue weighted by Gasteiger charge is -2.44. The van der Waals surface area contributed by atoms with Crippen LogP contribution in [0.15, 0.2) is 12.7 Å². The average molecular weight is 670 g/mol. The van der Waals surface area contributed by atoms with Crippen LogP contribution >= 0.6 is 0 Å². The molecule has 10 nitrogen and oxygen atoms in total. The second-order valence-corrected chi connectivity index (χ2v) is 16.4. The Balaban J connectivity index is 1.52. The topological polar surface area (TPSA) is 137 Å². The van der Waals surface area contributed by atoms with Gasteiger partial charge in [-0.25, -0.2) is 4.79 Å². The van der Waals surface area contributed by atoms with Crippen molar-refractivity contribution in [2.75, 3.05) is 13.1 Å². The second kappa shape index (κ2) is 16.7. The lowest BCUT2D eigenvalue weighted by molar-refractivity contribution is -0.144. The molecule has 270 valence electrons. The molecule has 4 aliphatic rings. The van der Waals surface area contributed by atoms with Gasteiger partial charge in [0.15, 0.2) is 0 Å². The van der Waals surface area contributed by atoms with Gasteiger partial charge < -0.3 is 26.2 Å². The van der Waals surface area contributed by atoms with Crippen molar-refractivity contribution in [3.8, 4) is 0 Å². The molecule has 0 aromatic heterocycles. The lowest BCUT2D eigenvalue weighted by Crippen LogP contribution is -2.63. The zero-order valence-corrected chi connectivity index (χ0v) is 30.3. The summed E-state index contributed by atoms with van der Waals surface area (Å²) in [5.41, 5.74) is -0.914. The summed E-state index contributed by atoms with van der Waals surface area (Å²) in [6.07, 6.45) is 16.0. The maximum Gasteiger partial charge on any atom is 0.315 e. The van der Waals surface area contributed by atoms with E-state index in [1.54, 1.807) is 4.90 Å². The molecule has 6 atom stereocenters. The molecule has 3 aliphatic carbocycles. The third-order valence-corrected chi connectivity index (χ3v) is 11.7. The molecule has 0 radical (unpaired) electrons. The van der Waals surface area contributed by atoms with Crippen molar-refractivity contribution < 1.29 is 24.0 Å². The maximum absolute atomic E-state index is 14.6. The van der Waals surface area contributed by atoms with E-state index in [4.69, 9.17) is 0 Å². The smallest absolute Gasteiger partial charge is 0.315 e. The molecule has 5 amide bonds. The number of carbonyl (C=O) groups excluding carboxylic acids is 5. The van der Waals surface area contributed by atoms with Crippen molar-refractivity contribution in [2.24, 2.45) is 29.1 Å². The first-order valence-electron chi connectivity index (χ1n) is 18.9. The number of likely N-dealkylation sites (tertiary alicyclic amines) is 1. The van der Waals surface area contributed by atoms with Crippen LogP contribution < -0.4 is 21.3 Å². The number of nitrogens with one attached hydrogen (secondary N) is 4. The van der Waals surface area contributed by atoms with Crippen LogP contribution in [0.5, 0.6) is 0 Å². The van der Waals surface area contributed by atoms with Crippen LogP contribution in [0.3, 0.4) is 0 Å². The van der Waals surface area contributed by atoms with Gasteiger partial charge in [-0.1, -0.05) is 92.1 Å².